The first-order chi connectivity index (χ1) is 10.3. The Kier molecular flexibility index (Phi) is 4.09. The van der Waals surface area contributed by atoms with E-state index in [0.717, 1.165) is 31.7 Å². The third-order valence-electron chi connectivity index (χ3n) is 3.34. The number of hydrogen-bond donors (Lipinski definition) is 0. The van der Waals surface area contributed by atoms with Gasteiger partial charge in [0.15, 0.2) is 6.61 Å². The number of likely N-dealkylation sites (tertiary alicyclic amines) is 1. The molecule has 1 aliphatic heterocycles. The van der Waals surface area contributed by atoms with Crippen molar-refractivity contribution in [3.8, 4) is 5.75 Å². The molecule has 2 aromatic rings. The summed E-state index contributed by atoms with van der Waals surface area (Å²) in [6, 6.07) is 9.44. The largest absolute Gasteiger partial charge is 0.485 e. The average Bonchev–Trinajstić information content (AvgIpc) is 3.18. The average molecular weight is 287 g/mol. The van der Waals surface area contributed by atoms with E-state index in [1.54, 1.807) is 0 Å². The van der Waals surface area contributed by atoms with Gasteiger partial charge in [0.2, 0.25) is 11.7 Å². The molecule has 1 amide bonds. The summed E-state index contributed by atoms with van der Waals surface area (Å²) < 4.78 is 5.54. The van der Waals surface area contributed by atoms with Crippen LogP contribution in [0.1, 0.15) is 18.7 Å². The van der Waals surface area contributed by atoms with Gasteiger partial charge in [-0.15, -0.1) is 10.2 Å². The lowest BCUT2D eigenvalue weighted by molar-refractivity contribution is -0.131. The molecule has 3 rings (SSSR count). The highest BCUT2D eigenvalue weighted by atomic mass is 16.5. The van der Waals surface area contributed by atoms with E-state index < -0.39 is 0 Å². The molecular weight excluding hydrogens is 270 g/mol. The lowest BCUT2D eigenvalue weighted by atomic mass is 10.3. The van der Waals surface area contributed by atoms with E-state index in [9.17, 15) is 4.79 Å². The molecule has 0 saturated carbocycles. The van der Waals surface area contributed by atoms with Gasteiger partial charge >= 0.3 is 0 Å². The van der Waals surface area contributed by atoms with Crippen LogP contribution in [0.5, 0.6) is 5.75 Å². The van der Waals surface area contributed by atoms with Crippen LogP contribution in [0.4, 0.5) is 0 Å². The van der Waals surface area contributed by atoms with Gasteiger partial charge in [0.25, 0.3) is 0 Å². The van der Waals surface area contributed by atoms with Crippen molar-refractivity contribution in [2.75, 3.05) is 13.1 Å². The fourth-order valence-corrected chi connectivity index (χ4v) is 2.25. The molecule has 0 spiro atoms. The molecule has 0 N–H and O–H groups in total. The Morgan fingerprint density at radius 3 is 2.71 bits per heavy atom. The molecule has 0 atom stereocenters. The van der Waals surface area contributed by atoms with Crippen molar-refractivity contribution in [3.63, 3.8) is 0 Å². The Hall–Kier alpha value is -2.44. The van der Waals surface area contributed by atoms with Crippen LogP contribution in [-0.4, -0.2) is 44.1 Å². The molecule has 0 unspecified atom stereocenters. The first kappa shape index (κ1) is 13.5. The van der Waals surface area contributed by atoms with Gasteiger partial charge in [-0.1, -0.05) is 18.2 Å². The second-order valence-corrected chi connectivity index (χ2v) is 4.93. The van der Waals surface area contributed by atoms with Crippen molar-refractivity contribution < 1.29 is 9.53 Å². The van der Waals surface area contributed by atoms with Crippen molar-refractivity contribution in [1.29, 1.82) is 0 Å². The number of aromatic nitrogens is 4. The minimum atomic E-state index is 0.0421. The van der Waals surface area contributed by atoms with Gasteiger partial charge in [-0.2, -0.15) is 4.80 Å². The third-order valence-corrected chi connectivity index (χ3v) is 3.34. The molecule has 1 fully saturated rings. The molecule has 0 radical (unpaired) electrons. The van der Waals surface area contributed by atoms with Crippen molar-refractivity contribution in [1.82, 2.24) is 25.1 Å². The smallest absolute Gasteiger partial charge is 0.246 e. The Morgan fingerprint density at radius 1 is 1.19 bits per heavy atom. The van der Waals surface area contributed by atoms with Crippen LogP contribution in [0.3, 0.4) is 0 Å². The maximum Gasteiger partial charge on any atom is 0.246 e. The lowest BCUT2D eigenvalue weighted by Gasteiger charge is -2.13. The molecule has 7 nitrogen and oxygen atoms in total. The fourth-order valence-electron chi connectivity index (χ4n) is 2.25. The summed E-state index contributed by atoms with van der Waals surface area (Å²) in [5.41, 5.74) is 0. The first-order valence-electron chi connectivity index (χ1n) is 7.03. The van der Waals surface area contributed by atoms with E-state index in [-0.39, 0.29) is 19.1 Å². The molecule has 1 aliphatic rings. The summed E-state index contributed by atoms with van der Waals surface area (Å²) in [4.78, 5) is 15.1. The molecule has 0 aliphatic carbocycles. The topological polar surface area (TPSA) is 73.1 Å². The molecule has 7 heteroatoms. The molecular formula is C14H17N5O2. The van der Waals surface area contributed by atoms with Crippen LogP contribution in [0.2, 0.25) is 0 Å². The van der Waals surface area contributed by atoms with Crippen molar-refractivity contribution in [2.24, 2.45) is 0 Å². The zero-order valence-electron chi connectivity index (χ0n) is 11.7. The number of tetrazole rings is 1. The standard InChI is InChI=1S/C14H17N5O2/c20-14(18-8-4-5-9-18)10-19-16-13(15-17-19)11-21-12-6-2-1-3-7-12/h1-3,6-7H,4-5,8-11H2. The molecule has 2 heterocycles. The molecule has 1 aromatic carbocycles. The molecule has 110 valence electrons. The molecule has 0 bridgehead atoms. The zero-order valence-corrected chi connectivity index (χ0v) is 11.7. The number of carbonyl (C=O) groups excluding carboxylic acids is 1. The van der Waals surface area contributed by atoms with Gasteiger partial charge in [0, 0.05) is 13.1 Å². The van der Waals surface area contributed by atoms with E-state index in [1.807, 2.05) is 35.2 Å². The number of hydrogen-bond acceptors (Lipinski definition) is 5. The Labute approximate surface area is 122 Å². The molecule has 21 heavy (non-hydrogen) atoms. The van der Waals surface area contributed by atoms with E-state index >= 15 is 0 Å². The summed E-state index contributed by atoms with van der Waals surface area (Å²) in [5, 5.41) is 11.9. The maximum atomic E-state index is 12.0. The van der Waals surface area contributed by atoms with Crippen LogP contribution in [0, 0.1) is 0 Å². The monoisotopic (exact) mass is 287 g/mol. The number of rotatable bonds is 5. The van der Waals surface area contributed by atoms with Crippen LogP contribution in [0.25, 0.3) is 0 Å². The van der Waals surface area contributed by atoms with Gasteiger partial charge in [-0.3, -0.25) is 4.79 Å². The van der Waals surface area contributed by atoms with E-state index in [0.29, 0.717) is 5.82 Å². The van der Waals surface area contributed by atoms with Crippen molar-refractivity contribution in [2.45, 2.75) is 26.0 Å². The summed E-state index contributed by atoms with van der Waals surface area (Å²) in [7, 11) is 0. The van der Waals surface area contributed by atoms with Crippen molar-refractivity contribution in [3.05, 3.63) is 36.2 Å². The predicted molar refractivity (Wildman–Crippen MR) is 74.4 cm³/mol. The second-order valence-electron chi connectivity index (χ2n) is 4.93. The van der Waals surface area contributed by atoms with Crippen LogP contribution in [-0.2, 0) is 17.9 Å². The number of nitrogens with zero attached hydrogens (tertiary/aromatic N) is 5. The quantitative estimate of drug-likeness (QED) is 0.816. The zero-order chi connectivity index (χ0) is 14.5. The van der Waals surface area contributed by atoms with Gasteiger partial charge < -0.3 is 9.64 Å². The van der Waals surface area contributed by atoms with Gasteiger partial charge in [-0.05, 0) is 30.2 Å². The highest BCUT2D eigenvalue weighted by molar-refractivity contribution is 5.75. The van der Waals surface area contributed by atoms with Crippen LogP contribution >= 0.6 is 0 Å². The van der Waals surface area contributed by atoms with E-state index in [2.05, 4.69) is 15.4 Å². The predicted octanol–water partition coefficient (Wildman–Crippen LogP) is 0.874. The van der Waals surface area contributed by atoms with Gasteiger partial charge in [0.1, 0.15) is 12.3 Å². The summed E-state index contributed by atoms with van der Waals surface area (Å²) in [6.07, 6.45) is 2.15. The normalized spacial score (nSPS) is 14.4. The van der Waals surface area contributed by atoms with Crippen LogP contribution in [0.15, 0.2) is 30.3 Å². The van der Waals surface area contributed by atoms with E-state index in [4.69, 9.17) is 4.74 Å². The third kappa shape index (κ3) is 3.56. The highest BCUT2D eigenvalue weighted by Crippen LogP contribution is 2.10. The Bertz CT molecular complexity index is 592. The second kappa shape index (κ2) is 6.34. The number of para-hydroxylation sites is 1. The Balaban J connectivity index is 1.52. The molecule has 1 saturated heterocycles. The Morgan fingerprint density at radius 2 is 1.95 bits per heavy atom. The van der Waals surface area contributed by atoms with E-state index in [1.165, 1.54) is 4.80 Å². The molecule has 1 aromatic heterocycles. The SMILES string of the molecule is O=C(Cn1nnc(COc2ccccc2)n1)N1CCCC1. The van der Waals surface area contributed by atoms with Gasteiger partial charge in [-0.25, -0.2) is 0 Å². The van der Waals surface area contributed by atoms with Gasteiger partial charge in [0.05, 0.1) is 0 Å². The number of ether oxygens (including phenoxy) is 1. The number of amides is 1. The van der Waals surface area contributed by atoms with Crippen molar-refractivity contribution >= 4 is 5.91 Å². The lowest BCUT2D eigenvalue weighted by Crippen LogP contribution is -2.31. The van der Waals surface area contributed by atoms with Crippen LogP contribution < -0.4 is 4.74 Å². The minimum Gasteiger partial charge on any atom is -0.485 e. The fraction of sp³-hybridized carbons (Fsp3) is 0.429. The first-order valence-corrected chi connectivity index (χ1v) is 7.03. The number of benzene rings is 1. The summed E-state index contributed by atoms with van der Waals surface area (Å²) in [5.74, 6) is 1.26. The highest BCUT2D eigenvalue weighted by Gasteiger charge is 2.19. The maximum absolute atomic E-state index is 12.0. The number of carbonyl (C=O) groups is 1. The summed E-state index contributed by atoms with van der Waals surface area (Å²) in [6.45, 7) is 2.04. The minimum absolute atomic E-state index is 0.0421. The summed E-state index contributed by atoms with van der Waals surface area (Å²) >= 11 is 0.